The van der Waals surface area contributed by atoms with Crippen molar-refractivity contribution in [3.05, 3.63) is 41.2 Å². The van der Waals surface area contributed by atoms with E-state index in [4.69, 9.17) is 16.3 Å². The van der Waals surface area contributed by atoms with Crippen LogP contribution in [0.15, 0.2) is 30.5 Å². The minimum atomic E-state index is -0.303. The lowest BCUT2D eigenvalue weighted by Gasteiger charge is -2.26. The first-order chi connectivity index (χ1) is 12.5. The minimum Gasteiger partial charge on any atom is -0.396 e. The van der Waals surface area contributed by atoms with E-state index in [-0.39, 0.29) is 18.1 Å². The maximum absolute atomic E-state index is 12.3. The zero-order valence-electron chi connectivity index (χ0n) is 14.7. The van der Waals surface area contributed by atoms with Crippen molar-refractivity contribution in [3.63, 3.8) is 0 Å². The Balaban J connectivity index is 1.63. The molecule has 1 atom stereocenters. The van der Waals surface area contributed by atoms with Gasteiger partial charge in [0, 0.05) is 30.2 Å². The second-order valence-corrected chi connectivity index (χ2v) is 7.06. The lowest BCUT2D eigenvalue weighted by Crippen LogP contribution is -2.40. The molecule has 0 bridgehead atoms. The van der Waals surface area contributed by atoms with Crippen molar-refractivity contribution >= 4 is 23.3 Å². The molecule has 8 heteroatoms. The molecule has 140 valence electrons. The summed E-state index contributed by atoms with van der Waals surface area (Å²) in [6.07, 6.45) is 3.05. The lowest BCUT2D eigenvalue weighted by atomic mass is 9.84. The number of urea groups is 1. The van der Waals surface area contributed by atoms with Gasteiger partial charge in [-0.15, -0.1) is 0 Å². The summed E-state index contributed by atoms with van der Waals surface area (Å²) in [6, 6.07) is 7.05. The summed E-state index contributed by atoms with van der Waals surface area (Å²) in [6.45, 7) is 3.63. The number of amides is 2. The van der Waals surface area contributed by atoms with Crippen LogP contribution in [-0.4, -0.2) is 47.3 Å². The zero-order chi connectivity index (χ0) is 18.6. The number of ether oxygens (including phenoxy) is 1. The van der Waals surface area contributed by atoms with Gasteiger partial charge in [0.2, 0.25) is 0 Å². The Bertz CT molecular complexity index is 772. The average Bonchev–Trinajstić information content (AvgIpc) is 3.22. The summed E-state index contributed by atoms with van der Waals surface area (Å²) in [4.78, 5) is 12.3. The highest BCUT2D eigenvalue weighted by Gasteiger charge is 2.34. The molecule has 1 aromatic carbocycles. The van der Waals surface area contributed by atoms with Crippen molar-refractivity contribution in [2.75, 3.05) is 31.7 Å². The van der Waals surface area contributed by atoms with Crippen LogP contribution in [0.4, 0.5) is 10.5 Å². The van der Waals surface area contributed by atoms with Gasteiger partial charge in [-0.1, -0.05) is 17.7 Å². The first-order valence-corrected chi connectivity index (χ1v) is 8.95. The fourth-order valence-corrected chi connectivity index (χ4v) is 3.33. The Morgan fingerprint density at radius 2 is 2.35 bits per heavy atom. The first kappa shape index (κ1) is 18.7. The van der Waals surface area contributed by atoms with Crippen LogP contribution < -0.4 is 10.6 Å². The summed E-state index contributed by atoms with van der Waals surface area (Å²) in [5.74, 6) is 0. The van der Waals surface area contributed by atoms with Crippen molar-refractivity contribution in [2.24, 2.45) is 5.41 Å². The molecule has 1 aliphatic rings. The smallest absolute Gasteiger partial charge is 0.319 e. The molecule has 0 saturated carbocycles. The summed E-state index contributed by atoms with van der Waals surface area (Å²) in [7, 11) is 0. The third kappa shape index (κ3) is 4.17. The molecule has 3 N–H and O–H groups in total. The van der Waals surface area contributed by atoms with Crippen molar-refractivity contribution in [1.82, 2.24) is 15.1 Å². The van der Waals surface area contributed by atoms with Gasteiger partial charge in [-0.05, 0) is 38.0 Å². The number of carbonyl (C=O) groups is 1. The molecule has 2 aromatic rings. The standard InChI is InChI=1S/C18H23ClN4O3/c1-13-16(10-21-23(13)15-4-2-3-14(19)9-15)22-17(25)20-11-18(5-7-24)6-8-26-12-18/h2-4,9-10,24H,5-8,11-12H2,1H3,(H2,20,22,25)/t18-/m1/s1. The monoisotopic (exact) mass is 378 g/mol. The fourth-order valence-electron chi connectivity index (χ4n) is 3.15. The number of nitrogens with zero attached hydrogens (tertiary/aromatic N) is 2. The molecule has 1 aliphatic heterocycles. The summed E-state index contributed by atoms with van der Waals surface area (Å²) >= 11 is 6.03. The number of nitrogens with one attached hydrogen (secondary N) is 2. The molecule has 0 radical (unpaired) electrons. The molecule has 26 heavy (non-hydrogen) atoms. The van der Waals surface area contributed by atoms with Gasteiger partial charge in [0.1, 0.15) is 0 Å². The molecule has 1 saturated heterocycles. The molecule has 1 fully saturated rings. The SMILES string of the molecule is Cc1c(NC(=O)NC[C@@]2(CCO)CCOC2)cnn1-c1cccc(Cl)c1. The van der Waals surface area contributed by atoms with E-state index in [0.717, 1.165) is 17.8 Å². The van der Waals surface area contributed by atoms with Gasteiger partial charge in [0.05, 0.1) is 29.9 Å². The Morgan fingerprint density at radius 1 is 1.50 bits per heavy atom. The number of hydrogen-bond donors (Lipinski definition) is 3. The highest BCUT2D eigenvalue weighted by Crippen LogP contribution is 2.31. The molecule has 2 amide bonds. The van der Waals surface area contributed by atoms with E-state index in [2.05, 4.69) is 15.7 Å². The van der Waals surface area contributed by atoms with Crippen LogP contribution in [0.5, 0.6) is 0 Å². The van der Waals surface area contributed by atoms with Crippen LogP contribution in [0.25, 0.3) is 5.69 Å². The molecular weight excluding hydrogens is 356 g/mol. The van der Waals surface area contributed by atoms with Crippen molar-refractivity contribution in [3.8, 4) is 5.69 Å². The Morgan fingerprint density at radius 3 is 3.04 bits per heavy atom. The van der Waals surface area contributed by atoms with Crippen molar-refractivity contribution < 1.29 is 14.6 Å². The van der Waals surface area contributed by atoms with Crippen LogP contribution in [0.1, 0.15) is 18.5 Å². The number of carbonyl (C=O) groups excluding carboxylic acids is 1. The van der Waals surface area contributed by atoms with Crippen LogP contribution in [0.3, 0.4) is 0 Å². The number of anilines is 1. The van der Waals surface area contributed by atoms with Gasteiger partial charge < -0.3 is 20.5 Å². The van der Waals surface area contributed by atoms with E-state index >= 15 is 0 Å². The van der Waals surface area contributed by atoms with Crippen molar-refractivity contribution in [2.45, 2.75) is 19.8 Å². The number of hydrogen-bond acceptors (Lipinski definition) is 4. The first-order valence-electron chi connectivity index (χ1n) is 8.57. The Kier molecular flexibility index (Phi) is 5.80. The number of rotatable bonds is 6. The number of aromatic nitrogens is 2. The van der Waals surface area contributed by atoms with Gasteiger partial charge in [-0.25, -0.2) is 9.48 Å². The highest BCUT2D eigenvalue weighted by molar-refractivity contribution is 6.30. The predicted molar refractivity (Wildman–Crippen MR) is 99.9 cm³/mol. The van der Waals surface area contributed by atoms with Crippen LogP contribution in [-0.2, 0) is 4.74 Å². The topological polar surface area (TPSA) is 88.4 Å². The van der Waals surface area contributed by atoms with E-state index in [1.165, 1.54) is 0 Å². The number of halogens is 1. The third-order valence-corrected chi connectivity index (χ3v) is 5.00. The summed E-state index contributed by atoms with van der Waals surface area (Å²) in [5, 5.41) is 19.9. The highest BCUT2D eigenvalue weighted by atomic mass is 35.5. The average molecular weight is 379 g/mol. The molecule has 7 nitrogen and oxygen atoms in total. The largest absolute Gasteiger partial charge is 0.396 e. The second-order valence-electron chi connectivity index (χ2n) is 6.62. The van der Waals surface area contributed by atoms with Crippen LogP contribution in [0, 0.1) is 12.3 Å². The molecular formula is C18H23ClN4O3. The second kappa shape index (κ2) is 8.07. The van der Waals surface area contributed by atoms with Crippen LogP contribution >= 0.6 is 11.6 Å². The van der Waals surface area contributed by atoms with E-state index in [0.29, 0.717) is 36.9 Å². The maximum atomic E-state index is 12.3. The summed E-state index contributed by atoms with van der Waals surface area (Å²) in [5.41, 5.74) is 2.07. The number of benzene rings is 1. The molecule has 2 heterocycles. The molecule has 0 spiro atoms. The Hall–Kier alpha value is -2.09. The van der Waals surface area contributed by atoms with Gasteiger partial charge in [-0.2, -0.15) is 5.10 Å². The summed E-state index contributed by atoms with van der Waals surface area (Å²) < 4.78 is 7.16. The number of aliphatic hydroxyl groups is 1. The molecule has 1 aromatic heterocycles. The molecule has 0 unspecified atom stereocenters. The van der Waals surface area contributed by atoms with Crippen LogP contribution in [0.2, 0.25) is 5.02 Å². The van der Waals surface area contributed by atoms with Gasteiger partial charge >= 0.3 is 6.03 Å². The third-order valence-electron chi connectivity index (χ3n) is 4.76. The van der Waals surface area contributed by atoms with E-state index in [1.807, 2.05) is 25.1 Å². The van der Waals surface area contributed by atoms with E-state index in [9.17, 15) is 9.90 Å². The fraction of sp³-hybridized carbons (Fsp3) is 0.444. The minimum absolute atomic E-state index is 0.0815. The zero-order valence-corrected chi connectivity index (χ0v) is 15.4. The number of aliphatic hydroxyl groups excluding tert-OH is 1. The Labute approximate surface area is 157 Å². The van der Waals surface area contributed by atoms with Gasteiger partial charge in [0.25, 0.3) is 0 Å². The van der Waals surface area contributed by atoms with E-state index < -0.39 is 0 Å². The predicted octanol–water partition coefficient (Wildman–Crippen LogP) is 2.74. The van der Waals surface area contributed by atoms with E-state index in [1.54, 1.807) is 16.9 Å². The maximum Gasteiger partial charge on any atom is 0.319 e. The normalized spacial score (nSPS) is 19.5. The molecule has 0 aliphatic carbocycles. The van der Waals surface area contributed by atoms with Crippen molar-refractivity contribution in [1.29, 1.82) is 0 Å². The quantitative estimate of drug-likeness (QED) is 0.721. The van der Waals surface area contributed by atoms with Gasteiger partial charge in [0.15, 0.2) is 0 Å². The van der Waals surface area contributed by atoms with Gasteiger partial charge in [-0.3, -0.25) is 0 Å². The lowest BCUT2D eigenvalue weighted by molar-refractivity contribution is 0.126. The molecule has 3 rings (SSSR count).